The van der Waals surface area contributed by atoms with Crippen LogP contribution >= 0.6 is 0 Å². The summed E-state index contributed by atoms with van der Waals surface area (Å²) in [6, 6.07) is 4.55. The average Bonchev–Trinajstić information content (AvgIpc) is 2.46. The third-order valence-electron chi connectivity index (χ3n) is 3.38. The van der Waals surface area contributed by atoms with Gasteiger partial charge in [-0.3, -0.25) is 4.79 Å². The van der Waals surface area contributed by atoms with Crippen LogP contribution in [-0.2, 0) is 4.74 Å². The zero-order valence-electron chi connectivity index (χ0n) is 11.3. The fraction of sp³-hybridized carbons (Fsp3) is 0.500. The van der Waals surface area contributed by atoms with Gasteiger partial charge in [0.2, 0.25) is 0 Å². The molecule has 5 heteroatoms. The molecule has 1 heterocycles. The Bertz CT molecular complexity index is 465. The van der Waals surface area contributed by atoms with Crippen molar-refractivity contribution in [3.8, 4) is 0 Å². The van der Waals surface area contributed by atoms with Crippen LogP contribution in [0, 0.1) is 5.82 Å². The number of anilines is 1. The number of carbonyl (C=O) groups excluding carboxylic acids is 1. The Hall–Kier alpha value is -1.62. The number of nitrogens with zero attached hydrogens (tertiary/aromatic N) is 1. The topological polar surface area (TPSA) is 41.6 Å². The predicted octanol–water partition coefficient (Wildman–Crippen LogP) is 2.12. The summed E-state index contributed by atoms with van der Waals surface area (Å²) in [4.78, 5) is 14.2. The monoisotopic (exact) mass is 266 g/mol. The molecule has 19 heavy (non-hydrogen) atoms. The molecule has 1 N–H and O–H groups in total. The fourth-order valence-corrected chi connectivity index (χ4v) is 2.28. The van der Waals surface area contributed by atoms with Gasteiger partial charge in [0.1, 0.15) is 5.82 Å². The highest BCUT2D eigenvalue weighted by Crippen LogP contribution is 2.22. The molecule has 0 spiro atoms. The Morgan fingerprint density at radius 1 is 1.58 bits per heavy atom. The minimum absolute atomic E-state index is 0.0734. The number of nitrogens with one attached hydrogen (secondary N) is 1. The summed E-state index contributed by atoms with van der Waals surface area (Å²) in [7, 11) is 1.61. The zero-order chi connectivity index (χ0) is 13.8. The van der Waals surface area contributed by atoms with E-state index < -0.39 is 5.82 Å². The lowest BCUT2D eigenvalue weighted by molar-refractivity contribution is -0.0226. The van der Waals surface area contributed by atoms with E-state index in [1.165, 1.54) is 6.07 Å². The molecule has 0 aromatic heterocycles. The molecule has 1 fully saturated rings. The highest BCUT2D eigenvalue weighted by Gasteiger charge is 2.26. The van der Waals surface area contributed by atoms with E-state index in [2.05, 4.69) is 5.32 Å². The van der Waals surface area contributed by atoms with Gasteiger partial charge >= 0.3 is 0 Å². The number of rotatable bonds is 3. The quantitative estimate of drug-likeness (QED) is 0.911. The Labute approximate surface area is 112 Å². The van der Waals surface area contributed by atoms with E-state index >= 15 is 0 Å². The van der Waals surface area contributed by atoms with E-state index in [4.69, 9.17) is 4.74 Å². The number of benzene rings is 1. The maximum absolute atomic E-state index is 13.7. The van der Waals surface area contributed by atoms with Crippen LogP contribution in [0.1, 0.15) is 23.7 Å². The van der Waals surface area contributed by atoms with Crippen LogP contribution in [-0.4, -0.2) is 43.7 Å². The standard InChI is InChI=1S/C14H19FN2O2/c1-3-10-9-17(7-8-19-10)14(18)11-5-4-6-12(15)13(11)16-2/h4-6,10,16H,3,7-9H2,1-2H3. The molecule has 0 bridgehead atoms. The molecule has 2 rings (SSSR count). The molecule has 4 nitrogen and oxygen atoms in total. The van der Waals surface area contributed by atoms with Gasteiger partial charge in [-0.2, -0.15) is 0 Å². The van der Waals surface area contributed by atoms with Crippen molar-refractivity contribution < 1.29 is 13.9 Å². The second kappa shape index (κ2) is 6.02. The Morgan fingerprint density at radius 2 is 2.37 bits per heavy atom. The van der Waals surface area contributed by atoms with Crippen LogP contribution in [0.2, 0.25) is 0 Å². The van der Waals surface area contributed by atoms with E-state index in [0.29, 0.717) is 25.3 Å². The second-order valence-electron chi connectivity index (χ2n) is 4.56. The first-order valence-electron chi connectivity index (χ1n) is 6.54. The molecule has 1 aliphatic heterocycles. The van der Waals surface area contributed by atoms with Crippen molar-refractivity contribution in [1.82, 2.24) is 4.90 Å². The smallest absolute Gasteiger partial charge is 0.256 e. The first kappa shape index (κ1) is 13.8. The van der Waals surface area contributed by atoms with Crippen LogP contribution in [0.5, 0.6) is 0 Å². The lowest BCUT2D eigenvalue weighted by Gasteiger charge is -2.33. The third kappa shape index (κ3) is 2.87. The normalized spacial score (nSPS) is 19.3. The van der Waals surface area contributed by atoms with Gasteiger partial charge in [-0.1, -0.05) is 13.0 Å². The van der Waals surface area contributed by atoms with E-state index in [1.54, 1.807) is 24.1 Å². The lowest BCUT2D eigenvalue weighted by atomic mass is 10.1. The molecule has 1 unspecified atom stereocenters. The summed E-state index contributed by atoms with van der Waals surface area (Å²) in [5.74, 6) is -0.556. The van der Waals surface area contributed by atoms with Crippen molar-refractivity contribution in [3.05, 3.63) is 29.6 Å². The minimum atomic E-state index is -0.409. The molecule has 104 valence electrons. The number of carbonyl (C=O) groups is 1. The van der Waals surface area contributed by atoms with Gasteiger partial charge in [-0.25, -0.2) is 4.39 Å². The number of halogens is 1. The van der Waals surface area contributed by atoms with Crippen LogP contribution < -0.4 is 5.32 Å². The molecule has 0 saturated carbocycles. The fourth-order valence-electron chi connectivity index (χ4n) is 2.28. The Balaban J connectivity index is 2.22. The van der Waals surface area contributed by atoms with Crippen LogP contribution in [0.15, 0.2) is 18.2 Å². The van der Waals surface area contributed by atoms with Crippen LogP contribution in [0.25, 0.3) is 0 Å². The lowest BCUT2D eigenvalue weighted by Crippen LogP contribution is -2.45. The molecular formula is C14H19FN2O2. The second-order valence-corrected chi connectivity index (χ2v) is 4.56. The molecule has 1 aromatic carbocycles. The van der Waals surface area contributed by atoms with Gasteiger partial charge < -0.3 is 15.0 Å². The summed E-state index contributed by atoms with van der Waals surface area (Å²) in [6.45, 7) is 3.68. The van der Waals surface area contributed by atoms with Gasteiger partial charge in [0.15, 0.2) is 0 Å². The van der Waals surface area contributed by atoms with Gasteiger partial charge in [-0.05, 0) is 18.6 Å². The Morgan fingerprint density at radius 3 is 3.05 bits per heavy atom. The zero-order valence-corrected chi connectivity index (χ0v) is 11.3. The highest BCUT2D eigenvalue weighted by atomic mass is 19.1. The maximum Gasteiger partial charge on any atom is 0.256 e. The molecule has 1 aliphatic rings. The predicted molar refractivity (Wildman–Crippen MR) is 71.9 cm³/mol. The molecule has 1 aromatic rings. The summed E-state index contributed by atoms with van der Waals surface area (Å²) in [5.41, 5.74) is 0.631. The number of morpholine rings is 1. The van der Waals surface area contributed by atoms with Crippen molar-refractivity contribution in [2.75, 3.05) is 32.1 Å². The van der Waals surface area contributed by atoms with Crippen molar-refractivity contribution in [1.29, 1.82) is 0 Å². The van der Waals surface area contributed by atoms with Crippen LogP contribution in [0.4, 0.5) is 10.1 Å². The van der Waals surface area contributed by atoms with Crippen molar-refractivity contribution in [2.45, 2.75) is 19.4 Å². The molecule has 1 saturated heterocycles. The molecular weight excluding hydrogens is 247 g/mol. The maximum atomic E-state index is 13.7. The van der Waals surface area contributed by atoms with E-state index in [0.717, 1.165) is 6.42 Å². The number of para-hydroxylation sites is 1. The summed E-state index contributed by atoms with van der Waals surface area (Å²) >= 11 is 0. The van der Waals surface area contributed by atoms with Crippen molar-refractivity contribution in [2.24, 2.45) is 0 Å². The van der Waals surface area contributed by atoms with E-state index in [9.17, 15) is 9.18 Å². The molecule has 0 radical (unpaired) electrons. The van der Waals surface area contributed by atoms with Crippen LogP contribution in [0.3, 0.4) is 0 Å². The first-order chi connectivity index (χ1) is 9.17. The molecule has 1 amide bonds. The highest BCUT2D eigenvalue weighted by molar-refractivity contribution is 5.99. The van der Waals surface area contributed by atoms with Gasteiger partial charge in [-0.15, -0.1) is 0 Å². The average molecular weight is 266 g/mol. The summed E-state index contributed by atoms with van der Waals surface area (Å²) in [5, 5.41) is 2.76. The minimum Gasteiger partial charge on any atom is -0.385 e. The van der Waals surface area contributed by atoms with Gasteiger partial charge in [0.25, 0.3) is 5.91 Å². The number of amides is 1. The largest absolute Gasteiger partial charge is 0.385 e. The molecule has 1 atom stereocenters. The number of hydrogen-bond donors (Lipinski definition) is 1. The van der Waals surface area contributed by atoms with Crippen molar-refractivity contribution in [3.63, 3.8) is 0 Å². The first-order valence-corrected chi connectivity index (χ1v) is 6.54. The SMILES string of the molecule is CCC1CN(C(=O)c2cccc(F)c2NC)CCO1. The van der Waals surface area contributed by atoms with E-state index in [1.807, 2.05) is 6.92 Å². The number of ether oxygens (including phenoxy) is 1. The third-order valence-corrected chi connectivity index (χ3v) is 3.38. The van der Waals surface area contributed by atoms with Gasteiger partial charge in [0.05, 0.1) is 24.0 Å². The number of hydrogen-bond acceptors (Lipinski definition) is 3. The summed E-state index contributed by atoms with van der Waals surface area (Å²) in [6.07, 6.45) is 0.940. The van der Waals surface area contributed by atoms with E-state index in [-0.39, 0.29) is 17.7 Å². The Kier molecular flexibility index (Phi) is 4.37. The van der Waals surface area contributed by atoms with Gasteiger partial charge in [0, 0.05) is 20.1 Å². The summed E-state index contributed by atoms with van der Waals surface area (Å²) < 4.78 is 19.2. The molecule has 0 aliphatic carbocycles. The van der Waals surface area contributed by atoms with Crippen molar-refractivity contribution >= 4 is 11.6 Å².